The van der Waals surface area contributed by atoms with Gasteiger partial charge >= 0.3 is 0 Å². The summed E-state index contributed by atoms with van der Waals surface area (Å²) in [7, 11) is 0. The Morgan fingerprint density at radius 1 is 1.00 bits per heavy atom. The molecule has 2 nitrogen and oxygen atoms in total. The van der Waals surface area contributed by atoms with Crippen LogP contribution in [-0.2, 0) is 12.8 Å². The highest BCUT2D eigenvalue weighted by atomic mass is 16.3. The van der Waals surface area contributed by atoms with Crippen molar-refractivity contribution >= 4 is 16.7 Å². The van der Waals surface area contributed by atoms with Crippen molar-refractivity contribution < 1.29 is 4.42 Å². The molecule has 0 radical (unpaired) electrons. The molecule has 0 aliphatic heterocycles. The van der Waals surface area contributed by atoms with Gasteiger partial charge in [0.15, 0.2) is 0 Å². The first kappa shape index (κ1) is 12.8. The monoisotopic (exact) mass is 265 g/mol. The summed E-state index contributed by atoms with van der Waals surface area (Å²) in [5, 5.41) is 1.16. The van der Waals surface area contributed by atoms with Crippen molar-refractivity contribution in [2.24, 2.45) is 0 Å². The maximum Gasteiger partial charge on any atom is 0.134 e. The number of aryl methyl sites for hydroxylation is 2. The number of hydrogen-bond donors (Lipinski definition) is 1. The van der Waals surface area contributed by atoms with Gasteiger partial charge in [-0.1, -0.05) is 44.2 Å². The molecule has 102 valence electrons. The Hall–Kier alpha value is -2.22. The van der Waals surface area contributed by atoms with Crippen molar-refractivity contribution in [1.29, 1.82) is 0 Å². The van der Waals surface area contributed by atoms with Gasteiger partial charge in [-0.15, -0.1) is 0 Å². The van der Waals surface area contributed by atoms with E-state index in [0.717, 1.165) is 40.8 Å². The van der Waals surface area contributed by atoms with Gasteiger partial charge in [-0.25, -0.2) is 0 Å². The summed E-state index contributed by atoms with van der Waals surface area (Å²) in [6.45, 7) is 4.24. The summed E-state index contributed by atoms with van der Waals surface area (Å²) in [5.74, 6) is 1.02. The van der Waals surface area contributed by atoms with Crippen LogP contribution in [0.3, 0.4) is 0 Å². The van der Waals surface area contributed by atoms with E-state index < -0.39 is 0 Å². The summed E-state index contributed by atoms with van der Waals surface area (Å²) in [6, 6.07) is 14.5. The lowest BCUT2D eigenvalue weighted by molar-refractivity contribution is 0.558. The summed E-state index contributed by atoms with van der Waals surface area (Å²) in [5.41, 5.74) is 11.5. The van der Waals surface area contributed by atoms with Crippen LogP contribution in [0.2, 0.25) is 0 Å². The predicted octanol–water partition coefficient (Wildman–Crippen LogP) is 4.81. The number of furan rings is 1. The van der Waals surface area contributed by atoms with Gasteiger partial charge < -0.3 is 10.2 Å². The minimum absolute atomic E-state index is 0.859. The minimum Gasteiger partial charge on any atom is -0.460 e. The summed E-state index contributed by atoms with van der Waals surface area (Å²) >= 11 is 0. The van der Waals surface area contributed by atoms with E-state index in [1.54, 1.807) is 0 Å². The van der Waals surface area contributed by atoms with Crippen LogP contribution >= 0.6 is 0 Å². The fraction of sp³-hybridized carbons (Fsp3) is 0.222. The Morgan fingerprint density at radius 2 is 1.80 bits per heavy atom. The molecule has 20 heavy (non-hydrogen) atoms. The molecular weight excluding hydrogens is 246 g/mol. The highest BCUT2D eigenvalue weighted by Crippen LogP contribution is 2.36. The van der Waals surface area contributed by atoms with E-state index in [0.29, 0.717) is 0 Å². The average Bonchev–Trinajstić information content (AvgIpc) is 2.85. The lowest BCUT2D eigenvalue weighted by Gasteiger charge is -2.07. The first-order chi connectivity index (χ1) is 9.74. The fourth-order valence-electron chi connectivity index (χ4n) is 2.73. The molecule has 0 spiro atoms. The van der Waals surface area contributed by atoms with Crippen LogP contribution in [0.5, 0.6) is 0 Å². The Kier molecular flexibility index (Phi) is 3.23. The summed E-state index contributed by atoms with van der Waals surface area (Å²) in [4.78, 5) is 0. The molecule has 1 heterocycles. The lowest BCUT2D eigenvalue weighted by atomic mass is 9.98. The van der Waals surface area contributed by atoms with E-state index in [2.05, 4.69) is 38.1 Å². The van der Waals surface area contributed by atoms with Crippen LogP contribution in [0.4, 0.5) is 5.69 Å². The number of nitrogens with two attached hydrogens (primary N) is 1. The maximum atomic E-state index is 6.14. The third-order valence-corrected chi connectivity index (χ3v) is 3.80. The van der Waals surface area contributed by atoms with Crippen LogP contribution in [0.15, 0.2) is 46.9 Å². The molecule has 0 fully saturated rings. The number of anilines is 1. The Morgan fingerprint density at radius 3 is 2.50 bits per heavy atom. The van der Waals surface area contributed by atoms with Crippen molar-refractivity contribution in [1.82, 2.24) is 0 Å². The van der Waals surface area contributed by atoms with Gasteiger partial charge in [-0.3, -0.25) is 0 Å². The van der Waals surface area contributed by atoms with Crippen molar-refractivity contribution in [3.63, 3.8) is 0 Å². The topological polar surface area (TPSA) is 39.2 Å². The second kappa shape index (κ2) is 5.04. The Labute approximate surface area is 119 Å². The van der Waals surface area contributed by atoms with Crippen LogP contribution in [-0.4, -0.2) is 0 Å². The molecule has 0 amide bonds. The van der Waals surface area contributed by atoms with E-state index in [9.17, 15) is 0 Å². The molecule has 2 N–H and O–H groups in total. The third kappa shape index (κ3) is 1.97. The molecule has 2 aromatic carbocycles. The molecular formula is C18H19NO. The molecule has 0 bridgehead atoms. The second-order valence-corrected chi connectivity index (χ2v) is 5.02. The minimum atomic E-state index is 0.859. The van der Waals surface area contributed by atoms with Crippen LogP contribution in [0.1, 0.15) is 25.2 Å². The van der Waals surface area contributed by atoms with Crippen LogP contribution in [0, 0.1) is 0 Å². The molecule has 1 aromatic heterocycles. The largest absolute Gasteiger partial charge is 0.460 e. The SMILES string of the molecule is CCc1ccc(-c2c(CC)oc3ccccc23)cc1N. The van der Waals surface area contributed by atoms with Gasteiger partial charge in [0, 0.05) is 23.1 Å². The molecule has 3 aromatic rings. The van der Waals surface area contributed by atoms with E-state index in [1.807, 2.05) is 18.2 Å². The summed E-state index contributed by atoms with van der Waals surface area (Å²) in [6.07, 6.45) is 1.83. The molecule has 0 aliphatic carbocycles. The number of hydrogen-bond acceptors (Lipinski definition) is 2. The highest BCUT2D eigenvalue weighted by Gasteiger charge is 2.14. The number of benzene rings is 2. The summed E-state index contributed by atoms with van der Waals surface area (Å²) < 4.78 is 5.96. The zero-order chi connectivity index (χ0) is 14.1. The standard InChI is InChI=1S/C18H19NO/c1-3-12-9-10-13(11-15(12)19)18-14-7-5-6-8-17(14)20-16(18)4-2/h5-11H,3-4,19H2,1-2H3. The van der Waals surface area contributed by atoms with Crippen molar-refractivity contribution in [3.8, 4) is 11.1 Å². The molecule has 0 aliphatic rings. The zero-order valence-electron chi connectivity index (χ0n) is 11.9. The third-order valence-electron chi connectivity index (χ3n) is 3.80. The van der Waals surface area contributed by atoms with Gasteiger partial charge in [0.05, 0.1) is 0 Å². The predicted molar refractivity (Wildman–Crippen MR) is 84.8 cm³/mol. The fourth-order valence-corrected chi connectivity index (χ4v) is 2.73. The normalized spacial score (nSPS) is 11.1. The molecule has 0 atom stereocenters. The Bertz CT molecular complexity index is 755. The molecule has 0 unspecified atom stereocenters. The lowest BCUT2D eigenvalue weighted by Crippen LogP contribution is -1.93. The van der Waals surface area contributed by atoms with E-state index in [4.69, 9.17) is 10.2 Å². The first-order valence-electron chi connectivity index (χ1n) is 7.13. The van der Waals surface area contributed by atoms with E-state index in [1.165, 1.54) is 11.1 Å². The van der Waals surface area contributed by atoms with Crippen molar-refractivity contribution in [3.05, 3.63) is 53.8 Å². The highest BCUT2D eigenvalue weighted by molar-refractivity contribution is 5.96. The van der Waals surface area contributed by atoms with E-state index in [-0.39, 0.29) is 0 Å². The van der Waals surface area contributed by atoms with Crippen molar-refractivity contribution in [2.75, 3.05) is 5.73 Å². The van der Waals surface area contributed by atoms with Gasteiger partial charge in [-0.05, 0) is 29.7 Å². The number of rotatable bonds is 3. The molecule has 0 saturated carbocycles. The number of fused-ring (bicyclic) bond motifs is 1. The molecule has 2 heteroatoms. The zero-order valence-corrected chi connectivity index (χ0v) is 11.9. The van der Waals surface area contributed by atoms with Crippen molar-refractivity contribution in [2.45, 2.75) is 26.7 Å². The number of nitrogen functional groups attached to an aromatic ring is 1. The second-order valence-electron chi connectivity index (χ2n) is 5.02. The average molecular weight is 265 g/mol. The quantitative estimate of drug-likeness (QED) is 0.690. The van der Waals surface area contributed by atoms with Gasteiger partial charge in [0.1, 0.15) is 11.3 Å². The molecule has 0 saturated heterocycles. The molecule has 3 rings (SSSR count). The maximum absolute atomic E-state index is 6.14. The Balaban J connectivity index is 2.25. The van der Waals surface area contributed by atoms with Gasteiger partial charge in [-0.2, -0.15) is 0 Å². The first-order valence-corrected chi connectivity index (χ1v) is 7.13. The van der Waals surface area contributed by atoms with Crippen LogP contribution < -0.4 is 5.73 Å². The van der Waals surface area contributed by atoms with Crippen LogP contribution in [0.25, 0.3) is 22.1 Å². The van der Waals surface area contributed by atoms with Gasteiger partial charge in [0.25, 0.3) is 0 Å². The number of para-hydroxylation sites is 1. The smallest absolute Gasteiger partial charge is 0.134 e. The van der Waals surface area contributed by atoms with Gasteiger partial charge in [0.2, 0.25) is 0 Å². The van der Waals surface area contributed by atoms with E-state index >= 15 is 0 Å².